The standard InChI is InChI=1S/C28H23N3O3S/c1-2-18-12-14-20(15-13-18)23-17-35-28(29-23)30-25(32)24(16-19-8-4-3-5-9-19)31-26(33)21-10-6-7-11-22(21)27(31)34/h3-15,17,24H,2,16H2,1H3,(H,29,30,32). The van der Waals surface area contributed by atoms with Gasteiger partial charge in [0, 0.05) is 17.4 Å². The van der Waals surface area contributed by atoms with Gasteiger partial charge in [0.25, 0.3) is 11.8 Å². The molecule has 1 atom stereocenters. The summed E-state index contributed by atoms with van der Waals surface area (Å²) in [7, 11) is 0. The number of benzene rings is 3. The maximum absolute atomic E-state index is 13.5. The van der Waals surface area contributed by atoms with E-state index in [-0.39, 0.29) is 6.42 Å². The summed E-state index contributed by atoms with van der Waals surface area (Å²) in [5.41, 5.74) is 4.43. The second-order valence-electron chi connectivity index (χ2n) is 8.31. The molecule has 35 heavy (non-hydrogen) atoms. The second kappa shape index (κ2) is 9.64. The Morgan fingerprint density at radius 1 is 0.886 bits per heavy atom. The van der Waals surface area contributed by atoms with Gasteiger partial charge in [-0.2, -0.15) is 0 Å². The number of hydrogen-bond donors (Lipinski definition) is 1. The molecule has 1 aliphatic heterocycles. The first-order chi connectivity index (χ1) is 17.0. The first-order valence-electron chi connectivity index (χ1n) is 11.4. The van der Waals surface area contributed by atoms with Crippen LogP contribution in [0.2, 0.25) is 0 Å². The Bertz CT molecular complexity index is 1360. The van der Waals surface area contributed by atoms with Crippen molar-refractivity contribution < 1.29 is 14.4 Å². The molecule has 3 aromatic carbocycles. The average Bonchev–Trinajstić information content (AvgIpc) is 3.46. The number of imide groups is 1. The lowest BCUT2D eigenvalue weighted by atomic mass is 10.0. The van der Waals surface area contributed by atoms with Gasteiger partial charge in [-0.3, -0.25) is 19.3 Å². The van der Waals surface area contributed by atoms with Gasteiger partial charge in [-0.05, 0) is 29.7 Å². The van der Waals surface area contributed by atoms with Gasteiger partial charge in [-0.1, -0.05) is 73.7 Å². The van der Waals surface area contributed by atoms with E-state index in [2.05, 4.69) is 29.4 Å². The van der Waals surface area contributed by atoms with Crippen molar-refractivity contribution in [2.75, 3.05) is 5.32 Å². The van der Waals surface area contributed by atoms with Crippen LogP contribution in [0.3, 0.4) is 0 Å². The Morgan fingerprint density at radius 2 is 1.51 bits per heavy atom. The number of nitrogens with one attached hydrogen (secondary N) is 1. The third kappa shape index (κ3) is 4.50. The smallest absolute Gasteiger partial charge is 0.262 e. The maximum atomic E-state index is 13.5. The Kier molecular flexibility index (Phi) is 6.25. The van der Waals surface area contributed by atoms with Crippen LogP contribution < -0.4 is 5.32 Å². The van der Waals surface area contributed by atoms with Crippen molar-refractivity contribution >= 4 is 34.2 Å². The van der Waals surface area contributed by atoms with E-state index < -0.39 is 23.8 Å². The van der Waals surface area contributed by atoms with Crippen LogP contribution >= 0.6 is 11.3 Å². The van der Waals surface area contributed by atoms with E-state index in [9.17, 15) is 14.4 Å². The lowest BCUT2D eigenvalue weighted by molar-refractivity contribution is -0.119. The van der Waals surface area contributed by atoms with E-state index in [1.807, 2.05) is 47.8 Å². The van der Waals surface area contributed by atoms with Gasteiger partial charge in [-0.25, -0.2) is 4.98 Å². The van der Waals surface area contributed by atoms with Crippen LogP contribution in [0.1, 0.15) is 38.8 Å². The fourth-order valence-corrected chi connectivity index (χ4v) is 4.92. The molecule has 0 fully saturated rings. The quantitative estimate of drug-likeness (QED) is 0.367. The predicted molar refractivity (Wildman–Crippen MR) is 136 cm³/mol. The zero-order chi connectivity index (χ0) is 24.4. The van der Waals surface area contributed by atoms with Crippen molar-refractivity contribution in [1.29, 1.82) is 0 Å². The molecule has 0 radical (unpaired) electrons. The lowest BCUT2D eigenvalue weighted by Crippen LogP contribution is -2.48. The van der Waals surface area contributed by atoms with Gasteiger partial charge in [-0.15, -0.1) is 11.3 Å². The first kappa shape index (κ1) is 22.7. The summed E-state index contributed by atoms with van der Waals surface area (Å²) >= 11 is 1.31. The fourth-order valence-electron chi connectivity index (χ4n) is 4.19. The molecule has 3 amide bonds. The molecule has 0 saturated heterocycles. The number of nitrogens with zero attached hydrogens (tertiary/aromatic N) is 2. The Hall–Kier alpha value is -4.10. The number of fused-ring (bicyclic) bond motifs is 1. The number of aryl methyl sites for hydroxylation is 1. The summed E-state index contributed by atoms with van der Waals surface area (Å²) < 4.78 is 0. The van der Waals surface area contributed by atoms with Crippen LogP contribution in [0.5, 0.6) is 0 Å². The SMILES string of the molecule is CCc1ccc(-c2csc(NC(=O)C(Cc3ccccc3)N3C(=O)c4ccccc4C3=O)n2)cc1. The molecular formula is C28H23N3O3S. The maximum Gasteiger partial charge on any atom is 0.262 e. The Labute approximate surface area is 207 Å². The third-order valence-electron chi connectivity index (χ3n) is 6.10. The van der Waals surface area contributed by atoms with Crippen molar-refractivity contribution in [1.82, 2.24) is 9.88 Å². The Balaban J connectivity index is 1.41. The van der Waals surface area contributed by atoms with E-state index in [1.54, 1.807) is 24.3 Å². The summed E-state index contributed by atoms with van der Waals surface area (Å²) in [6, 6.07) is 23.1. The normalized spacial score (nSPS) is 13.6. The third-order valence-corrected chi connectivity index (χ3v) is 6.86. The molecule has 5 rings (SSSR count). The number of hydrogen-bond acceptors (Lipinski definition) is 5. The molecule has 0 bridgehead atoms. The minimum Gasteiger partial charge on any atom is -0.300 e. The zero-order valence-electron chi connectivity index (χ0n) is 19.1. The number of anilines is 1. The summed E-state index contributed by atoms with van der Waals surface area (Å²) in [6.45, 7) is 2.10. The molecule has 7 heteroatoms. The Morgan fingerprint density at radius 3 is 2.14 bits per heavy atom. The van der Waals surface area contributed by atoms with Crippen molar-refractivity contribution in [3.05, 3.63) is 106 Å². The van der Waals surface area contributed by atoms with Crippen LogP contribution in [0, 0.1) is 0 Å². The largest absolute Gasteiger partial charge is 0.300 e. The lowest BCUT2D eigenvalue weighted by Gasteiger charge is -2.25. The average molecular weight is 482 g/mol. The summed E-state index contributed by atoms with van der Waals surface area (Å²) in [6.07, 6.45) is 1.16. The van der Waals surface area contributed by atoms with Gasteiger partial charge in [0.1, 0.15) is 6.04 Å². The van der Waals surface area contributed by atoms with Crippen LogP contribution in [0.15, 0.2) is 84.2 Å². The molecule has 2 heterocycles. The van der Waals surface area contributed by atoms with Crippen LogP contribution in [0.4, 0.5) is 5.13 Å². The molecule has 4 aromatic rings. The fraction of sp³-hybridized carbons (Fsp3) is 0.143. The highest BCUT2D eigenvalue weighted by Crippen LogP contribution is 2.28. The highest BCUT2D eigenvalue weighted by Gasteiger charge is 2.42. The van der Waals surface area contributed by atoms with E-state index >= 15 is 0 Å². The topological polar surface area (TPSA) is 79.4 Å². The van der Waals surface area contributed by atoms with Crippen molar-refractivity contribution in [3.63, 3.8) is 0 Å². The van der Waals surface area contributed by atoms with E-state index in [4.69, 9.17) is 0 Å². The monoisotopic (exact) mass is 481 g/mol. The molecule has 1 N–H and O–H groups in total. The molecule has 6 nitrogen and oxygen atoms in total. The van der Waals surface area contributed by atoms with Crippen molar-refractivity contribution in [2.45, 2.75) is 25.8 Å². The van der Waals surface area contributed by atoms with Gasteiger partial charge < -0.3 is 5.32 Å². The van der Waals surface area contributed by atoms with Gasteiger partial charge in [0.15, 0.2) is 5.13 Å². The number of carbonyl (C=O) groups excluding carboxylic acids is 3. The zero-order valence-corrected chi connectivity index (χ0v) is 19.9. The molecule has 0 saturated carbocycles. The van der Waals surface area contributed by atoms with E-state index in [0.717, 1.165) is 28.1 Å². The summed E-state index contributed by atoms with van der Waals surface area (Å²) in [4.78, 5) is 45.4. The highest BCUT2D eigenvalue weighted by atomic mass is 32.1. The molecule has 1 aromatic heterocycles. The number of aromatic nitrogens is 1. The molecule has 1 aliphatic rings. The van der Waals surface area contributed by atoms with Crippen LogP contribution in [-0.4, -0.2) is 33.6 Å². The molecule has 0 aliphatic carbocycles. The second-order valence-corrected chi connectivity index (χ2v) is 9.17. The van der Waals surface area contributed by atoms with Gasteiger partial charge in [0.2, 0.25) is 5.91 Å². The van der Waals surface area contributed by atoms with Gasteiger partial charge in [0.05, 0.1) is 16.8 Å². The number of thiazole rings is 1. The van der Waals surface area contributed by atoms with E-state index in [0.29, 0.717) is 16.3 Å². The number of carbonyl (C=O) groups is 3. The first-order valence-corrected chi connectivity index (χ1v) is 12.3. The highest BCUT2D eigenvalue weighted by molar-refractivity contribution is 7.14. The number of amides is 3. The van der Waals surface area contributed by atoms with E-state index in [1.165, 1.54) is 16.9 Å². The predicted octanol–water partition coefficient (Wildman–Crippen LogP) is 5.22. The molecule has 0 spiro atoms. The number of rotatable bonds is 7. The summed E-state index contributed by atoms with van der Waals surface area (Å²) in [5.74, 6) is -1.37. The van der Waals surface area contributed by atoms with Crippen molar-refractivity contribution in [2.24, 2.45) is 0 Å². The minimum atomic E-state index is -1.01. The van der Waals surface area contributed by atoms with Crippen LogP contribution in [-0.2, 0) is 17.6 Å². The van der Waals surface area contributed by atoms with Gasteiger partial charge >= 0.3 is 0 Å². The summed E-state index contributed by atoms with van der Waals surface area (Å²) in [5, 5.41) is 5.14. The molecular weight excluding hydrogens is 458 g/mol. The molecule has 1 unspecified atom stereocenters. The van der Waals surface area contributed by atoms with Crippen molar-refractivity contribution in [3.8, 4) is 11.3 Å². The van der Waals surface area contributed by atoms with Crippen LogP contribution in [0.25, 0.3) is 11.3 Å². The minimum absolute atomic E-state index is 0.203. The molecule has 174 valence electrons.